The van der Waals surface area contributed by atoms with Crippen LogP contribution in [0.1, 0.15) is 59.3 Å². The average molecular weight is 280 g/mol. The van der Waals surface area contributed by atoms with Gasteiger partial charge >= 0.3 is 5.97 Å². The SMILES string of the molecule is CC(C)=C(C)C(=O)OC12CC3CC(O)(CC(O)(C3)C1)C2. The molecular weight excluding hydrogens is 256 g/mol. The maximum absolute atomic E-state index is 12.2. The average Bonchev–Trinajstić information content (AvgIpc) is 2.21. The fourth-order valence-corrected chi connectivity index (χ4v) is 4.84. The standard InChI is InChI=1S/C16H24O4/c1-10(2)11(3)13(17)20-16-6-12-4-14(18,8-16)7-15(19,5-12)9-16/h12,18-19H,4-9H2,1-3H3. The molecule has 0 amide bonds. The third-order valence-electron chi connectivity index (χ3n) is 5.32. The van der Waals surface area contributed by atoms with E-state index in [0.717, 1.165) is 24.8 Å². The van der Waals surface area contributed by atoms with Crippen molar-refractivity contribution < 1.29 is 19.7 Å². The van der Waals surface area contributed by atoms with Gasteiger partial charge in [-0.2, -0.15) is 0 Å². The van der Waals surface area contributed by atoms with Gasteiger partial charge in [-0.1, -0.05) is 5.57 Å². The van der Waals surface area contributed by atoms with E-state index >= 15 is 0 Å². The topological polar surface area (TPSA) is 66.8 Å². The normalized spacial score (nSPS) is 45.4. The maximum Gasteiger partial charge on any atom is 0.334 e. The Bertz CT molecular complexity index is 471. The van der Waals surface area contributed by atoms with E-state index in [2.05, 4.69) is 0 Å². The minimum absolute atomic E-state index is 0.265. The molecule has 4 nitrogen and oxygen atoms in total. The second kappa shape index (κ2) is 4.08. The van der Waals surface area contributed by atoms with Gasteiger partial charge in [-0.05, 0) is 46.0 Å². The van der Waals surface area contributed by atoms with E-state index < -0.39 is 16.8 Å². The van der Waals surface area contributed by atoms with Crippen LogP contribution in [-0.4, -0.2) is 33.0 Å². The molecule has 4 bridgehead atoms. The van der Waals surface area contributed by atoms with Crippen LogP contribution in [0.15, 0.2) is 11.1 Å². The van der Waals surface area contributed by atoms with E-state index in [9.17, 15) is 15.0 Å². The summed E-state index contributed by atoms with van der Waals surface area (Å²) in [7, 11) is 0. The number of allylic oxidation sites excluding steroid dienone is 1. The van der Waals surface area contributed by atoms with Crippen LogP contribution in [0.25, 0.3) is 0 Å². The summed E-state index contributed by atoms with van der Waals surface area (Å²) in [6, 6.07) is 0. The number of rotatable bonds is 2. The predicted molar refractivity (Wildman–Crippen MR) is 74.0 cm³/mol. The molecule has 4 saturated carbocycles. The van der Waals surface area contributed by atoms with Crippen LogP contribution in [0, 0.1) is 5.92 Å². The number of esters is 1. The molecule has 4 aliphatic carbocycles. The molecule has 20 heavy (non-hydrogen) atoms. The first-order valence-electron chi connectivity index (χ1n) is 7.47. The Hall–Kier alpha value is -0.870. The first-order chi connectivity index (χ1) is 9.14. The first-order valence-corrected chi connectivity index (χ1v) is 7.47. The first kappa shape index (κ1) is 14.1. The van der Waals surface area contributed by atoms with Crippen molar-refractivity contribution in [2.45, 2.75) is 76.1 Å². The Morgan fingerprint density at radius 2 is 1.55 bits per heavy atom. The molecular formula is C16H24O4. The second-order valence-corrected chi connectivity index (χ2v) is 7.65. The quantitative estimate of drug-likeness (QED) is 0.600. The van der Waals surface area contributed by atoms with Crippen molar-refractivity contribution >= 4 is 5.97 Å². The van der Waals surface area contributed by atoms with Crippen LogP contribution in [-0.2, 0) is 9.53 Å². The molecule has 0 saturated heterocycles. The van der Waals surface area contributed by atoms with Crippen molar-refractivity contribution in [1.29, 1.82) is 0 Å². The van der Waals surface area contributed by atoms with Crippen molar-refractivity contribution in [3.8, 4) is 0 Å². The maximum atomic E-state index is 12.2. The Morgan fingerprint density at radius 1 is 1.00 bits per heavy atom. The lowest BCUT2D eigenvalue weighted by Gasteiger charge is -2.62. The predicted octanol–water partition coefficient (Wildman–Crippen LogP) is 2.08. The van der Waals surface area contributed by atoms with Crippen molar-refractivity contribution in [1.82, 2.24) is 0 Å². The number of carbonyl (C=O) groups excluding carboxylic acids is 1. The van der Waals surface area contributed by atoms with Gasteiger partial charge in [0.25, 0.3) is 0 Å². The minimum atomic E-state index is -0.854. The van der Waals surface area contributed by atoms with Crippen LogP contribution in [0.3, 0.4) is 0 Å². The molecule has 4 rings (SSSR count). The van der Waals surface area contributed by atoms with Gasteiger partial charge in [0, 0.05) is 24.8 Å². The largest absolute Gasteiger partial charge is 0.455 e. The van der Waals surface area contributed by atoms with E-state index in [1.165, 1.54) is 0 Å². The lowest BCUT2D eigenvalue weighted by atomic mass is 9.50. The fourth-order valence-electron chi connectivity index (χ4n) is 4.84. The molecule has 0 aromatic carbocycles. The molecule has 2 unspecified atom stereocenters. The number of hydrogen-bond acceptors (Lipinski definition) is 4. The van der Waals surface area contributed by atoms with E-state index in [1.807, 2.05) is 13.8 Å². The van der Waals surface area contributed by atoms with Gasteiger partial charge in [0.05, 0.1) is 11.2 Å². The van der Waals surface area contributed by atoms with Gasteiger partial charge in [-0.25, -0.2) is 4.79 Å². The zero-order valence-corrected chi connectivity index (χ0v) is 12.5. The van der Waals surface area contributed by atoms with Gasteiger partial charge in [-0.15, -0.1) is 0 Å². The summed E-state index contributed by atoms with van der Waals surface area (Å²) in [5.74, 6) is -0.0415. The van der Waals surface area contributed by atoms with Crippen LogP contribution in [0.2, 0.25) is 0 Å². The van der Waals surface area contributed by atoms with Crippen molar-refractivity contribution in [3.63, 3.8) is 0 Å². The number of ether oxygens (including phenoxy) is 1. The third kappa shape index (κ3) is 2.19. The zero-order chi connectivity index (χ0) is 14.8. The summed E-state index contributed by atoms with van der Waals surface area (Å²) in [5.41, 5.74) is -0.811. The highest BCUT2D eigenvalue weighted by Gasteiger charge is 2.64. The Kier molecular flexibility index (Phi) is 2.87. The Balaban J connectivity index is 1.86. The highest BCUT2D eigenvalue weighted by Crippen LogP contribution is 2.60. The molecule has 4 fully saturated rings. The lowest BCUT2D eigenvalue weighted by Crippen LogP contribution is -2.67. The van der Waals surface area contributed by atoms with Crippen LogP contribution in [0.5, 0.6) is 0 Å². The molecule has 2 atom stereocenters. The lowest BCUT2D eigenvalue weighted by molar-refractivity contribution is -0.260. The molecule has 0 aliphatic heterocycles. The van der Waals surface area contributed by atoms with Crippen LogP contribution < -0.4 is 0 Å². The second-order valence-electron chi connectivity index (χ2n) is 7.65. The third-order valence-corrected chi connectivity index (χ3v) is 5.32. The molecule has 4 heteroatoms. The zero-order valence-electron chi connectivity index (χ0n) is 12.5. The summed E-state index contributed by atoms with van der Waals surface area (Å²) in [6.07, 6.45) is 3.62. The van der Waals surface area contributed by atoms with E-state index in [1.54, 1.807) is 6.92 Å². The summed E-state index contributed by atoms with van der Waals surface area (Å²) in [4.78, 5) is 12.2. The van der Waals surface area contributed by atoms with Gasteiger partial charge < -0.3 is 14.9 Å². The van der Waals surface area contributed by atoms with Crippen molar-refractivity contribution in [2.24, 2.45) is 5.92 Å². The fraction of sp³-hybridized carbons (Fsp3) is 0.812. The molecule has 112 valence electrons. The van der Waals surface area contributed by atoms with E-state index in [0.29, 0.717) is 24.8 Å². The van der Waals surface area contributed by atoms with Crippen LogP contribution >= 0.6 is 0 Å². The van der Waals surface area contributed by atoms with Gasteiger partial charge in [0.1, 0.15) is 5.60 Å². The summed E-state index contributed by atoms with van der Waals surface area (Å²) < 4.78 is 5.79. The van der Waals surface area contributed by atoms with Crippen molar-refractivity contribution in [3.05, 3.63) is 11.1 Å². The molecule has 0 heterocycles. The molecule has 0 radical (unpaired) electrons. The van der Waals surface area contributed by atoms with Crippen LogP contribution in [0.4, 0.5) is 0 Å². The Labute approximate surface area is 119 Å². The molecule has 0 aromatic heterocycles. The Morgan fingerprint density at radius 3 is 2.00 bits per heavy atom. The highest BCUT2D eigenvalue weighted by molar-refractivity contribution is 5.88. The summed E-state index contributed by atoms with van der Waals surface area (Å²) in [5, 5.41) is 21.3. The molecule has 0 aromatic rings. The monoisotopic (exact) mass is 280 g/mol. The number of aliphatic hydroxyl groups is 2. The minimum Gasteiger partial charge on any atom is -0.455 e. The van der Waals surface area contributed by atoms with Gasteiger partial charge in [0.2, 0.25) is 0 Å². The smallest absolute Gasteiger partial charge is 0.334 e. The summed E-state index contributed by atoms with van der Waals surface area (Å²) >= 11 is 0. The van der Waals surface area contributed by atoms with Crippen molar-refractivity contribution in [2.75, 3.05) is 0 Å². The van der Waals surface area contributed by atoms with E-state index in [4.69, 9.17) is 4.74 Å². The molecule has 2 N–H and O–H groups in total. The van der Waals surface area contributed by atoms with Gasteiger partial charge in [0.15, 0.2) is 0 Å². The number of hydrogen-bond donors (Lipinski definition) is 2. The summed E-state index contributed by atoms with van der Waals surface area (Å²) in [6.45, 7) is 5.54. The van der Waals surface area contributed by atoms with E-state index in [-0.39, 0.29) is 11.9 Å². The highest BCUT2D eigenvalue weighted by atomic mass is 16.6. The molecule has 0 spiro atoms. The number of carbonyl (C=O) groups is 1. The van der Waals surface area contributed by atoms with Gasteiger partial charge in [-0.3, -0.25) is 0 Å². The molecule has 4 aliphatic rings.